The molecule has 0 unspecified atom stereocenters. The van der Waals surface area contributed by atoms with E-state index in [9.17, 15) is 9.59 Å². The molecule has 0 aliphatic rings. The summed E-state index contributed by atoms with van der Waals surface area (Å²) in [5.41, 5.74) is 2.00. The minimum Gasteiger partial charge on any atom is -0.481 e. The molecule has 94 valence electrons. The van der Waals surface area contributed by atoms with E-state index in [0.29, 0.717) is 17.8 Å². The topological polar surface area (TPSA) is 95.1 Å². The number of carbonyl (C=O) groups excluding carboxylic acids is 1. The average molecular weight is 247 g/mol. The van der Waals surface area contributed by atoms with E-state index in [1.165, 1.54) is 0 Å². The number of rotatable bonds is 4. The maximum absolute atomic E-state index is 11.5. The van der Waals surface area contributed by atoms with Crippen molar-refractivity contribution >= 4 is 22.9 Å². The monoisotopic (exact) mass is 247 g/mol. The molecular weight excluding hydrogens is 234 g/mol. The zero-order valence-corrected chi connectivity index (χ0v) is 9.86. The molecule has 18 heavy (non-hydrogen) atoms. The van der Waals surface area contributed by atoms with Crippen molar-refractivity contribution in [2.24, 2.45) is 0 Å². The van der Waals surface area contributed by atoms with E-state index in [1.807, 2.05) is 0 Å². The fourth-order valence-electron chi connectivity index (χ4n) is 1.69. The van der Waals surface area contributed by atoms with E-state index < -0.39 is 5.97 Å². The van der Waals surface area contributed by atoms with Crippen molar-refractivity contribution in [1.82, 2.24) is 15.3 Å². The molecule has 0 bridgehead atoms. The molecule has 3 N–H and O–H groups in total. The van der Waals surface area contributed by atoms with Crippen molar-refractivity contribution in [2.45, 2.75) is 12.8 Å². The first-order chi connectivity index (χ1) is 8.60. The molecule has 6 nitrogen and oxygen atoms in total. The highest BCUT2D eigenvalue weighted by Gasteiger charge is 2.08. The van der Waals surface area contributed by atoms with Crippen LogP contribution in [0.1, 0.15) is 22.6 Å². The van der Waals surface area contributed by atoms with Crippen LogP contribution in [0.15, 0.2) is 18.2 Å². The van der Waals surface area contributed by atoms with Gasteiger partial charge in [0, 0.05) is 19.0 Å². The van der Waals surface area contributed by atoms with E-state index in [-0.39, 0.29) is 12.3 Å². The second kappa shape index (κ2) is 4.87. The Morgan fingerprint density at radius 2 is 2.22 bits per heavy atom. The summed E-state index contributed by atoms with van der Waals surface area (Å²) in [6.07, 6.45) is 0.376. The Bertz CT molecular complexity index is 604. The fourth-order valence-corrected chi connectivity index (χ4v) is 1.69. The minimum absolute atomic E-state index is 0.0299. The van der Waals surface area contributed by atoms with E-state index in [1.54, 1.807) is 25.2 Å². The third kappa shape index (κ3) is 2.48. The van der Waals surface area contributed by atoms with Crippen LogP contribution < -0.4 is 5.32 Å². The van der Waals surface area contributed by atoms with Crippen LogP contribution in [0.3, 0.4) is 0 Å². The predicted octanol–water partition coefficient (Wildman–Crippen LogP) is 0.940. The standard InChI is InChI=1S/C12H13N3O3/c1-13-12(18)7-2-3-8-9(6-7)15-10(14-8)4-5-11(16)17/h2-3,6H,4-5H2,1H3,(H,13,18)(H,14,15)(H,16,17). The number of aliphatic carboxylic acids is 1. The van der Waals surface area contributed by atoms with Crippen LogP contribution in [0.2, 0.25) is 0 Å². The van der Waals surface area contributed by atoms with Crippen LogP contribution in [-0.4, -0.2) is 34.0 Å². The molecule has 1 amide bonds. The minimum atomic E-state index is -0.860. The van der Waals surface area contributed by atoms with Crippen LogP contribution in [0, 0.1) is 0 Å². The summed E-state index contributed by atoms with van der Waals surface area (Å²) in [6.45, 7) is 0. The first-order valence-electron chi connectivity index (χ1n) is 5.52. The maximum atomic E-state index is 11.5. The number of aryl methyl sites for hydroxylation is 1. The molecule has 0 saturated carbocycles. The van der Waals surface area contributed by atoms with Crippen molar-refractivity contribution in [1.29, 1.82) is 0 Å². The second-order valence-corrected chi connectivity index (χ2v) is 3.89. The number of amides is 1. The Kier molecular flexibility index (Phi) is 3.27. The first kappa shape index (κ1) is 12.1. The summed E-state index contributed by atoms with van der Waals surface area (Å²) >= 11 is 0. The third-order valence-electron chi connectivity index (χ3n) is 2.60. The van der Waals surface area contributed by atoms with Crippen molar-refractivity contribution in [3.05, 3.63) is 29.6 Å². The van der Waals surface area contributed by atoms with Gasteiger partial charge in [0.15, 0.2) is 0 Å². The SMILES string of the molecule is CNC(=O)c1ccc2nc(CCC(=O)O)[nH]c2c1. The third-order valence-corrected chi connectivity index (χ3v) is 2.60. The van der Waals surface area contributed by atoms with E-state index >= 15 is 0 Å². The largest absolute Gasteiger partial charge is 0.481 e. The van der Waals surface area contributed by atoms with Gasteiger partial charge in [-0.3, -0.25) is 9.59 Å². The van der Waals surface area contributed by atoms with Crippen molar-refractivity contribution in [2.75, 3.05) is 7.05 Å². The summed E-state index contributed by atoms with van der Waals surface area (Å²) in [5.74, 6) is -0.415. The Hall–Kier alpha value is -2.37. The number of fused-ring (bicyclic) bond motifs is 1. The lowest BCUT2D eigenvalue weighted by Gasteiger charge is -1.98. The molecule has 6 heteroatoms. The number of nitrogens with zero attached hydrogens (tertiary/aromatic N) is 1. The van der Waals surface area contributed by atoms with Gasteiger partial charge in [-0.1, -0.05) is 0 Å². The summed E-state index contributed by atoms with van der Waals surface area (Å²) < 4.78 is 0. The van der Waals surface area contributed by atoms with Crippen LogP contribution in [0.5, 0.6) is 0 Å². The zero-order chi connectivity index (χ0) is 13.1. The van der Waals surface area contributed by atoms with Crippen molar-refractivity contribution in [3.8, 4) is 0 Å². The highest BCUT2D eigenvalue weighted by Crippen LogP contribution is 2.14. The van der Waals surface area contributed by atoms with Crippen LogP contribution in [0.25, 0.3) is 11.0 Å². The molecule has 0 aliphatic carbocycles. The van der Waals surface area contributed by atoms with Gasteiger partial charge in [-0.05, 0) is 18.2 Å². The Balaban J connectivity index is 2.28. The maximum Gasteiger partial charge on any atom is 0.303 e. The average Bonchev–Trinajstić information content (AvgIpc) is 2.77. The van der Waals surface area contributed by atoms with Crippen LogP contribution >= 0.6 is 0 Å². The molecule has 0 atom stereocenters. The van der Waals surface area contributed by atoms with Gasteiger partial charge >= 0.3 is 5.97 Å². The predicted molar refractivity (Wildman–Crippen MR) is 65.4 cm³/mol. The van der Waals surface area contributed by atoms with Gasteiger partial charge < -0.3 is 15.4 Å². The van der Waals surface area contributed by atoms with Gasteiger partial charge in [0.25, 0.3) is 5.91 Å². The molecule has 2 aromatic rings. The molecular formula is C12H13N3O3. The number of hydrogen-bond donors (Lipinski definition) is 3. The number of hydrogen-bond acceptors (Lipinski definition) is 3. The molecule has 1 aromatic carbocycles. The van der Waals surface area contributed by atoms with Crippen molar-refractivity contribution < 1.29 is 14.7 Å². The smallest absolute Gasteiger partial charge is 0.303 e. The zero-order valence-electron chi connectivity index (χ0n) is 9.86. The van der Waals surface area contributed by atoms with Gasteiger partial charge in [0.1, 0.15) is 5.82 Å². The number of carboxylic acids is 1. The quantitative estimate of drug-likeness (QED) is 0.749. The molecule has 2 rings (SSSR count). The number of benzene rings is 1. The van der Waals surface area contributed by atoms with E-state index in [4.69, 9.17) is 5.11 Å². The molecule has 1 aromatic heterocycles. The highest BCUT2D eigenvalue weighted by atomic mass is 16.4. The fraction of sp³-hybridized carbons (Fsp3) is 0.250. The Labute approximate surface area is 103 Å². The molecule has 0 aliphatic heterocycles. The van der Waals surface area contributed by atoms with Gasteiger partial charge in [-0.15, -0.1) is 0 Å². The van der Waals surface area contributed by atoms with Gasteiger partial charge in [-0.25, -0.2) is 4.98 Å². The van der Waals surface area contributed by atoms with Crippen LogP contribution in [-0.2, 0) is 11.2 Å². The highest BCUT2D eigenvalue weighted by molar-refractivity contribution is 5.97. The van der Waals surface area contributed by atoms with E-state index in [0.717, 1.165) is 11.0 Å². The second-order valence-electron chi connectivity index (χ2n) is 3.89. The summed E-state index contributed by atoms with van der Waals surface area (Å²) in [4.78, 5) is 29.2. The molecule has 0 saturated heterocycles. The lowest BCUT2D eigenvalue weighted by atomic mass is 10.2. The first-order valence-corrected chi connectivity index (χ1v) is 5.52. The summed E-state index contributed by atoms with van der Waals surface area (Å²) in [6, 6.07) is 5.12. The number of nitrogens with one attached hydrogen (secondary N) is 2. The molecule has 0 fully saturated rings. The Morgan fingerprint density at radius 3 is 2.89 bits per heavy atom. The number of carboxylic acid groups (broad SMARTS) is 1. The molecule has 0 radical (unpaired) electrons. The number of carbonyl (C=O) groups is 2. The lowest BCUT2D eigenvalue weighted by molar-refractivity contribution is -0.137. The van der Waals surface area contributed by atoms with Gasteiger partial charge in [0.2, 0.25) is 0 Å². The molecule has 0 spiro atoms. The van der Waals surface area contributed by atoms with Crippen molar-refractivity contribution in [3.63, 3.8) is 0 Å². The Morgan fingerprint density at radius 1 is 1.44 bits per heavy atom. The number of imidazole rings is 1. The molecule has 1 heterocycles. The summed E-state index contributed by atoms with van der Waals surface area (Å²) in [5, 5.41) is 11.1. The van der Waals surface area contributed by atoms with Gasteiger partial charge in [0.05, 0.1) is 17.5 Å². The lowest BCUT2D eigenvalue weighted by Crippen LogP contribution is -2.17. The number of aromatic amines is 1. The number of H-pyrrole nitrogens is 1. The summed E-state index contributed by atoms with van der Waals surface area (Å²) in [7, 11) is 1.57. The van der Waals surface area contributed by atoms with Crippen LogP contribution in [0.4, 0.5) is 0 Å². The normalized spacial score (nSPS) is 10.5. The van der Waals surface area contributed by atoms with E-state index in [2.05, 4.69) is 15.3 Å². The number of aromatic nitrogens is 2. The van der Waals surface area contributed by atoms with Gasteiger partial charge in [-0.2, -0.15) is 0 Å².